The number of nitrogens with zero attached hydrogens (tertiary/aromatic N) is 4. The predicted molar refractivity (Wildman–Crippen MR) is 143 cm³/mol. The first-order chi connectivity index (χ1) is 17.9. The lowest BCUT2D eigenvalue weighted by Crippen LogP contribution is -2.35. The smallest absolute Gasteiger partial charge is 0.277 e. The molecule has 37 heavy (non-hydrogen) atoms. The molecule has 4 aromatic rings. The van der Waals surface area contributed by atoms with Crippen molar-refractivity contribution in [1.82, 2.24) is 19.8 Å². The molecule has 2 aromatic carbocycles. The van der Waals surface area contributed by atoms with Crippen LogP contribution in [-0.4, -0.2) is 33.4 Å². The van der Waals surface area contributed by atoms with Gasteiger partial charge in [-0.3, -0.25) is 9.69 Å². The molecule has 5 rings (SSSR count). The van der Waals surface area contributed by atoms with E-state index in [1.807, 2.05) is 60.3 Å². The molecule has 1 atom stereocenters. The van der Waals surface area contributed by atoms with Gasteiger partial charge in [-0.05, 0) is 66.8 Å². The number of nitrogens with one attached hydrogen (secondary N) is 1. The lowest BCUT2D eigenvalue weighted by Gasteiger charge is -2.23. The highest BCUT2D eigenvalue weighted by molar-refractivity contribution is 7.09. The third kappa shape index (κ3) is 5.17. The van der Waals surface area contributed by atoms with E-state index in [1.165, 1.54) is 12.1 Å². The van der Waals surface area contributed by atoms with Gasteiger partial charge in [-0.25, -0.2) is 14.4 Å². The van der Waals surface area contributed by atoms with Gasteiger partial charge in [-0.2, -0.15) is 0 Å². The van der Waals surface area contributed by atoms with Gasteiger partial charge < -0.3 is 14.6 Å². The van der Waals surface area contributed by atoms with Crippen molar-refractivity contribution in [2.75, 3.05) is 7.11 Å². The quantitative estimate of drug-likeness (QED) is 0.331. The number of benzene rings is 2. The highest BCUT2D eigenvalue weighted by atomic mass is 32.1. The number of rotatable bonds is 7. The lowest BCUT2D eigenvalue weighted by molar-refractivity contribution is -0.123. The molecule has 2 aromatic heterocycles. The topological polar surface area (TPSA) is 71.8 Å². The first-order valence-corrected chi connectivity index (χ1v) is 12.6. The van der Waals surface area contributed by atoms with Crippen molar-refractivity contribution in [3.8, 4) is 11.4 Å². The van der Waals surface area contributed by atoms with E-state index in [2.05, 4.69) is 10.3 Å². The maximum Gasteiger partial charge on any atom is 0.277 e. The monoisotopic (exact) mass is 515 g/mol. The van der Waals surface area contributed by atoms with E-state index >= 15 is 0 Å². The molecule has 1 fully saturated rings. The minimum atomic E-state index is -0.352. The number of aliphatic imine (C=N–C) groups is 1. The Kier molecular flexibility index (Phi) is 6.87. The minimum absolute atomic E-state index is 0.213. The Morgan fingerprint density at radius 2 is 2.03 bits per heavy atom. The van der Waals surface area contributed by atoms with Crippen molar-refractivity contribution in [3.05, 3.63) is 106 Å². The molecule has 1 aliphatic rings. The molecule has 9 heteroatoms. The van der Waals surface area contributed by atoms with Gasteiger partial charge in [0.05, 0.1) is 37.4 Å². The largest absolute Gasteiger partial charge is 0.495 e. The zero-order valence-corrected chi connectivity index (χ0v) is 21.5. The molecule has 1 saturated heterocycles. The van der Waals surface area contributed by atoms with E-state index < -0.39 is 0 Å². The number of hydrogen-bond acceptors (Lipinski definition) is 5. The number of guanidine groups is 1. The molecule has 0 bridgehead atoms. The van der Waals surface area contributed by atoms with Gasteiger partial charge in [-0.15, -0.1) is 11.3 Å². The molecule has 1 aliphatic heterocycles. The summed E-state index contributed by atoms with van der Waals surface area (Å²) in [4.78, 5) is 25.3. The van der Waals surface area contributed by atoms with Crippen LogP contribution in [0.1, 0.15) is 34.7 Å². The van der Waals surface area contributed by atoms with E-state index in [1.54, 1.807) is 47.9 Å². The van der Waals surface area contributed by atoms with Crippen molar-refractivity contribution in [2.24, 2.45) is 4.99 Å². The molecule has 0 radical (unpaired) electrons. The van der Waals surface area contributed by atoms with Gasteiger partial charge in [0.15, 0.2) is 0 Å². The minimum Gasteiger partial charge on any atom is -0.495 e. The Balaban J connectivity index is 1.48. The Labute approximate surface area is 218 Å². The molecule has 7 nitrogen and oxygen atoms in total. The van der Waals surface area contributed by atoms with E-state index in [0.29, 0.717) is 24.0 Å². The van der Waals surface area contributed by atoms with Crippen LogP contribution in [0.25, 0.3) is 11.8 Å². The SMILES string of the molecule is COc1cc(C=C2NC(=NCc3cccs3)N([C@H](C)c3ccc(F)cc3)C2=O)ccc1-n1cnc(C)c1. The lowest BCUT2D eigenvalue weighted by atomic mass is 10.1. The van der Waals surface area contributed by atoms with E-state index in [-0.39, 0.29) is 17.8 Å². The highest BCUT2D eigenvalue weighted by Gasteiger charge is 2.36. The number of methoxy groups -OCH3 is 1. The van der Waals surface area contributed by atoms with Crippen LogP contribution >= 0.6 is 11.3 Å². The number of halogens is 1. The summed E-state index contributed by atoms with van der Waals surface area (Å²) in [7, 11) is 1.61. The average Bonchev–Trinajstić information content (AvgIpc) is 3.64. The molecule has 1 amide bonds. The van der Waals surface area contributed by atoms with Gasteiger partial charge in [0.1, 0.15) is 17.3 Å². The van der Waals surface area contributed by atoms with Crippen LogP contribution < -0.4 is 10.1 Å². The normalized spacial score (nSPS) is 16.4. The second-order valence-corrected chi connectivity index (χ2v) is 9.69. The fourth-order valence-corrected chi connectivity index (χ4v) is 4.82. The van der Waals surface area contributed by atoms with Crippen molar-refractivity contribution >= 4 is 29.3 Å². The molecule has 0 spiro atoms. The van der Waals surface area contributed by atoms with Crippen LogP contribution in [0.2, 0.25) is 0 Å². The van der Waals surface area contributed by atoms with Gasteiger partial charge in [0, 0.05) is 11.1 Å². The second kappa shape index (κ2) is 10.4. The summed E-state index contributed by atoms with van der Waals surface area (Å²) in [5.41, 5.74) is 3.75. The number of ether oxygens (including phenoxy) is 1. The Hall–Kier alpha value is -4.24. The Morgan fingerprint density at radius 1 is 1.22 bits per heavy atom. The molecular formula is C28H26FN5O2S. The Bertz CT molecular complexity index is 1470. The molecular weight excluding hydrogens is 489 g/mol. The predicted octanol–water partition coefficient (Wildman–Crippen LogP) is 5.48. The number of carbonyl (C=O) groups excluding carboxylic acids is 1. The summed E-state index contributed by atoms with van der Waals surface area (Å²) in [6.45, 7) is 4.27. The number of imidazole rings is 1. The summed E-state index contributed by atoms with van der Waals surface area (Å²) in [5, 5.41) is 5.21. The van der Waals surface area contributed by atoms with Crippen molar-refractivity contribution in [2.45, 2.75) is 26.4 Å². The Morgan fingerprint density at radius 3 is 2.70 bits per heavy atom. The van der Waals surface area contributed by atoms with Crippen LogP contribution in [0.5, 0.6) is 5.75 Å². The average molecular weight is 516 g/mol. The first-order valence-electron chi connectivity index (χ1n) is 11.8. The van der Waals surface area contributed by atoms with Crippen LogP contribution in [0.4, 0.5) is 4.39 Å². The standard InChI is InChI=1S/C28H26FN5O2S/c1-18-16-33(17-31-18)25-11-6-20(14-26(25)36-3)13-24-27(35)34(19(2)21-7-9-22(29)10-8-21)28(32-24)30-15-23-5-4-12-37-23/h4-14,16-17,19H,15H2,1-3H3,(H,30,32)/t19-/m1/s1. The third-order valence-corrected chi connectivity index (χ3v) is 6.99. The number of thiophene rings is 1. The fraction of sp³-hybridized carbons (Fsp3) is 0.179. The zero-order valence-electron chi connectivity index (χ0n) is 20.7. The van der Waals surface area contributed by atoms with Crippen LogP contribution in [0.15, 0.2) is 83.2 Å². The molecule has 188 valence electrons. The summed E-state index contributed by atoms with van der Waals surface area (Å²) in [5.74, 6) is 0.576. The van der Waals surface area contributed by atoms with Crippen molar-refractivity contribution in [1.29, 1.82) is 0 Å². The first kappa shape index (κ1) is 24.5. The number of carbonyl (C=O) groups is 1. The number of aromatic nitrogens is 2. The van der Waals surface area contributed by atoms with Crippen LogP contribution in [0, 0.1) is 12.7 Å². The second-order valence-electron chi connectivity index (χ2n) is 8.66. The van der Waals surface area contributed by atoms with Gasteiger partial charge in [0.2, 0.25) is 5.96 Å². The van der Waals surface area contributed by atoms with Gasteiger partial charge >= 0.3 is 0 Å². The van der Waals surface area contributed by atoms with Crippen LogP contribution in [0.3, 0.4) is 0 Å². The van der Waals surface area contributed by atoms with Crippen molar-refractivity contribution < 1.29 is 13.9 Å². The van der Waals surface area contributed by atoms with E-state index in [0.717, 1.165) is 27.4 Å². The number of aryl methyl sites for hydroxylation is 1. The maximum atomic E-state index is 13.6. The molecule has 1 N–H and O–H groups in total. The summed E-state index contributed by atoms with van der Waals surface area (Å²) < 4.78 is 21.0. The fourth-order valence-electron chi connectivity index (χ4n) is 4.20. The molecule has 0 unspecified atom stereocenters. The molecule has 0 saturated carbocycles. The summed E-state index contributed by atoms with van der Waals surface area (Å²) in [6, 6.07) is 15.5. The highest BCUT2D eigenvalue weighted by Crippen LogP contribution is 2.29. The van der Waals surface area contributed by atoms with Crippen LogP contribution in [-0.2, 0) is 11.3 Å². The number of hydrogen-bond donors (Lipinski definition) is 1. The molecule has 3 heterocycles. The zero-order chi connectivity index (χ0) is 25.9. The van der Waals surface area contributed by atoms with E-state index in [9.17, 15) is 9.18 Å². The van der Waals surface area contributed by atoms with E-state index in [4.69, 9.17) is 9.73 Å². The molecule has 0 aliphatic carbocycles. The maximum absolute atomic E-state index is 13.6. The van der Waals surface area contributed by atoms with Gasteiger partial charge in [0.25, 0.3) is 5.91 Å². The van der Waals surface area contributed by atoms with Crippen molar-refractivity contribution in [3.63, 3.8) is 0 Å². The summed E-state index contributed by atoms with van der Waals surface area (Å²) >= 11 is 1.61. The number of amides is 1. The van der Waals surface area contributed by atoms with Gasteiger partial charge in [-0.1, -0.05) is 24.3 Å². The summed E-state index contributed by atoms with van der Waals surface area (Å²) in [6.07, 6.45) is 5.44. The third-order valence-electron chi connectivity index (χ3n) is 6.13.